The molecule has 31 heavy (non-hydrogen) atoms. The number of hydrogen-bond acceptors (Lipinski definition) is 5. The summed E-state index contributed by atoms with van der Waals surface area (Å²) >= 11 is 0. The number of carbonyl (C=O) groups is 1. The fourth-order valence-corrected chi connectivity index (χ4v) is 3.87. The van der Waals surface area contributed by atoms with E-state index in [1.807, 2.05) is 63.2 Å². The molecule has 1 amide bonds. The molecule has 2 aromatic carbocycles. The molecule has 1 aliphatic rings. The largest absolute Gasteiger partial charge is 0.493 e. The Balaban J connectivity index is 1.71. The quantitative estimate of drug-likeness (QED) is 0.605. The molecule has 1 N–H and O–H groups in total. The molecule has 6 heteroatoms. The summed E-state index contributed by atoms with van der Waals surface area (Å²) in [7, 11) is 1.64. The van der Waals surface area contributed by atoms with Gasteiger partial charge in [-0.3, -0.25) is 9.78 Å². The van der Waals surface area contributed by atoms with E-state index < -0.39 is 0 Å². The van der Waals surface area contributed by atoms with Gasteiger partial charge in [-0.1, -0.05) is 6.07 Å². The molecule has 6 nitrogen and oxygen atoms in total. The van der Waals surface area contributed by atoms with Crippen LogP contribution in [0.2, 0.25) is 0 Å². The number of nitrogens with zero attached hydrogens (tertiary/aromatic N) is 1. The molecule has 162 valence electrons. The highest BCUT2D eigenvalue weighted by molar-refractivity contribution is 5.90. The Kier molecular flexibility index (Phi) is 5.98. The maximum absolute atomic E-state index is 11.6. The third-order valence-electron chi connectivity index (χ3n) is 5.53. The van der Waals surface area contributed by atoms with Gasteiger partial charge in [0, 0.05) is 30.5 Å². The van der Waals surface area contributed by atoms with E-state index in [4.69, 9.17) is 14.2 Å². The predicted molar refractivity (Wildman–Crippen MR) is 121 cm³/mol. The van der Waals surface area contributed by atoms with Gasteiger partial charge in [0.15, 0.2) is 11.5 Å². The number of ether oxygens (including phenoxy) is 3. The number of pyridine rings is 1. The molecule has 1 aliphatic heterocycles. The molecule has 1 aromatic heterocycles. The number of amides is 1. The molecule has 0 radical (unpaired) electrons. The molecule has 1 saturated heterocycles. The minimum Gasteiger partial charge on any atom is -0.493 e. The highest BCUT2D eigenvalue weighted by Gasteiger charge is 2.28. The number of carbonyl (C=O) groups excluding carboxylic acids is 1. The molecule has 3 aromatic rings. The first-order valence-electron chi connectivity index (χ1n) is 10.6. The van der Waals surface area contributed by atoms with Crippen molar-refractivity contribution in [3.8, 4) is 28.4 Å². The van der Waals surface area contributed by atoms with Crippen LogP contribution in [0, 0.1) is 5.92 Å². The average molecular weight is 421 g/mol. The number of hydrogen-bond donors (Lipinski definition) is 1. The maximum atomic E-state index is 11.6. The molecular weight excluding hydrogens is 392 g/mol. The predicted octanol–water partition coefficient (Wildman–Crippen LogP) is 4.60. The summed E-state index contributed by atoms with van der Waals surface area (Å²) in [5, 5.41) is 3.83. The zero-order chi connectivity index (χ0) is 22.0. The van der Waals surface area contributed by atoms with Gasteiger partial charge in [-0.25, -0.2) is 0 Å². The van der Waals surface area contributed by atoms with Crippen molar-refractivity contribution < 1.29 is 19.0 Å². The van der Waals surface area contributed by atoms with E-state index >= 15 is 0 Å². The lowest BCUT2D eigenvalue weighted by Crippen LogP contribution is -2.25. The van der Waals surface area contributed by atoms with Gasteiger partial charge in [0.05, 0.1) is 18.7 Å². The minimum absolute atomic E-state index is 0.0584. The smallest absolute Gasteiger partial charge is 0.220 e. The molecule has 1 fully saturated rings. The maximum Gasteiger partial charge on any atom is 0.220 e. The molecule has 0 spiro atoms. The molecule has 0 bridgehead atoms. The molecule has 0 aliphatic carbocycles. The van der Waals surface area contributed by atoms with Gasteiger partial charge in [-0.05, 0) is 68.3 Å². The summed E-state index contributed by atoms with van der Waals surface area (Å²) < 4.78 is 17.8. The van der Waals surface area contributed by atoms with Crippen LogP contribution in [0.25, 0.3) is 22.0 Å². The van der Waals surface area contributed by atoms with Crippen LogP contribution in [0.4, 0.5) is 0 Å². The Hall–Kier alpha value is -3.28. The van der Waals surface area contributed by atoms with Gasteiger partial charge in [0.1, 0.15) is 11.9 Å². The fourth-order valence-electron chi connectivity index (χ4n) is 3.87. The van der Waals surface area contributed by atoms with Crippen molar-refractivity contribution in [1.82, 2.24) is 10.3 Å². The number of benzene rings is 2. The van der Waals surface area contributed by atoms with Crippen molar-refractivity contribution in [2.24, 2.45) is 5.92 Å². The monoisotopic (exact) mass is 420 g/mol. The van der Waals surface area contributed by atoms with Crippen molar-refractivity contribution >= 4 is 16.8 Å². The van der Waals surface area contributed by atoms with Crippen molar-refractivity contribution in [2.45, 2.75) is 39.4 Å². The second-order valence-electron chi connectivity index (χ2n) is 8.17. The lowest BCUT2D eigenvalue weighted by atomic mass is 10.0. The Morgan fingerprint density at radius 3 is 2.52 bits per heavy atom. The van der Waals surface area contributed by atoms with Gasteiger partial charge in [-0.2, -0.15) is 0 Å². The number of fused-ring (bicyclic) bond motifs is 1. The molecule has 4 rings (SSSR count). The zero-order valence-electron chi connectivity index (χ0n) is 18.3. The molecular formula is C25H28N2O4. The number of nitrogens with one attached hydrogen (secondary N) is 1. The van der Waals surface area contributed by atoms with Crippen molar-refractivity contribution in [1.29, 1.82) is 0 Å². The van der Waals surface area contributed by atoms with E-state index in [0.29, 0.717) is 24.5 Å². The molecule has 0 unspecified atom stereocenters. The van der Waals surface area contributed by atoms with Crippen molar-refractivity contribution in [3.05, 3.63) is 48.7 Å². The average Bonchev–Trinajstić information content (AvgIpc) is 3.20. The van der Waals surface area contributed by atoms with Crippen LogP contribution in [0.1, 0.15) is 27.2 Å². The van der Waals surface area contributed by atoms with Crippen molar-refractivity contribution in [2.75, 3.05) is 13.7 Å². The van der Waals surface area contributed by atoms with Crippen LogP contribution in [0.3, 0.4) is 0 Å². The minimum atomic E-state index is -0.103. The molecule has 0 saturated carbocycles. The van der Waals surface area contributed by atoms with E-state index in [1.165, 1.54) is 0 Å². The zero-order valence-corrected chi connectivity index (χ0v) is 18.3. The van der Waals surface area contributed by atoms with E-state index in [-0.39, 0.29) is 24.0 Å². The standard InChI is InChI=1S/C25H28N2O4/c1-15(2)30-22-8-7-17(11-24(22)29-4)18-10-21-20(6-5-9-26-21)23(12-18)31-16(3)19-13-25(28)27-14-19/h5-12,15-16,19H,13-14H2,1-4H3,(H,27,28)/t16-,19+/m1/s1. The third kappa shape index (κ3) is 4.58. The summed E-state index contributed by atoms with van der Waals surface area (Å²) in [5.74, 6) is 2.38. The first-order chi connectivity index (χ1) is 14.9. The van der Waals surface area contributed by atoms with Crippen LogP contribution >= 0.6 is 0 Å². The fraction of sp³-hybridized carbons (Fsp3) is 0.360. The van der Waals surface area contributed by atoms with E-state index in [1.54, 1.807) is 13.3 Å². The topological polar surface area (TPSA) is 69.7 Å². The Morgan fingerprint density at radius 2 is 1.81 bits per heavy atom. The summed E-state index contributed by atoms with van der Waals surface area (Å²) in [6.07, 6.45) is 2.22. The van der Waals surface area contributed by atoms with Crippen molar-refractivity contribution in [3.63, 3.8) is 0 Å². The lowest BCUT2D eigenvalue weighted by Gasteiger charge is -2.21. The Morgan fingerprint density at radius 1 is 1.00 bits per heavy atom. The summed E-state index contributed by atoms with van der Waals surface area (Å²) in [4.78, 5) is 16.2. The molecule has 2 heterocycles. The lowest BCUT2D eigenvalue weighted by molar-refractivity contribution is -0.119. The van der Waals surface area contributed by atoms with Gasteiger partial charge in [0.2, 0.25) is 5.91 Å². The second kappa shape index (κ2) is 8.84. The Bertz CT molecular complexity index is 1100. The van der Waals surface area contributed by atoms with E-state index in [2.05, 4.69) is 10.3 Å². The second-order valence-corrected chi connectivity index (χ2v) is 8.17. The summed E-state index contributed by atoms with van der Waals surface area (Å²) in [6, 6.07) is 13.9. The third-order valence-corrected chi connectivity index (χ3v) is 5.53. The van der Waals surface area contributed by atoms with Gasteiger partial charge in [0.25, 0.3) is 0 Å². The van der Waals surface area contributed by atoms with Crippen LogP contribution < -0.4 is 19.5 Å². The van der Waals surface area contributed by atoms with E-state index in [0.717, 1.165) is 27.8 Å². The normalized spacial score (nSPS) is 16.9. The van der Waals surface area contributed by atoms with Gasteiger partial charge < -0.3 is 19.5 Å². The number of aromatic nitrogens is 1. The Labute approximate surface area is 182 Å². The number of rotatable bonds is 7. The van der Waals surface area contributed by atoms with E-state index in [9.17, 15) is 4.79 Å². The summed E-state index contributed by atoms with van der Waals surface area (Å²) in [5.41, 5.74) is 2.81. The first kappa shape index (κ1) is 21.0. The number of methoxy groups -OCH3 is 1. The van der Waals surface area contributed by atoms with Gasteiger partial charge in [-0.15, -0.1) is 0 Å². The highest BCUT2D eigenvalue weighted by atomic mass is 16.5. The summed E-state index contributed by atoms with van der Waals surface area (Å²) in [6.45, 7) is 6.63. The first-order valence-corrected chi connectivity index (χ1v) is 10.6. The van der Waals surface area contributed by atoms with Crippen LogP contribution in [-0.4, -0.2) is 36.8 Å². The van der Waals surface area contributed by atoms with Crippen LogP contribution in [0.15, 0.2) is 48.7 Å². The van der Waals surface area contributed by atoms with Crippen LogP contribution in [0.5, 0.6) is 17.2 Å². The van der Waals surface area contributed by atoms with Gasteiger partial charge >= 0.3 is 0 Å². The SMILES string of the molecule is COc1cc(-c2cc(O[C@H](C)[C@@H]3CNC(=O)C3)c3cccnc3c2)ccc1OC(C)C. The highest BCUT2D eigenvalue weighted by Crippen LogP contribution is 2.37. The molecule has 2 atom stereocenters. The van der Waals surface area contributed by atoms with Crippen LogP contribution in [-0.2, 0) is 4.79 Å².